The predicted molar refractivity (Wildman–Crippen MR) is 75.0 cm³/mol. The highest BCUT2D eigenvalue weighted by molar-refractivity contribution is 8.00. The molecule has 2 atom stereocenters. The van der Waals surface area contributed by atoms with Crippen LogP contribution >= 0.6 is 11.8 Å². The molecule has 0 bridgehead atoms. The Balaban J connectivity index is 2.99. The van der Waals surface area contributed by atoms with E-state index < -0.39 is 9.84 Å². The van der Waals surface area contributed by atoms with Crippen LogP contribution in [0, 0.1) is 5.41 Å². The first-order valence-corrected chi connectivity index (χ1v) is 9.01. The van der Waals surface area contributed by atoms with Crippen molar-refractivity contribution in [2.75, 3.05) is 30.9 Å². The van der Waals surface area contributed by atoms with Crippen LogP contribution in [0.1, 0.15) is 20.8 Å². The molecule has 0 aromatic heterocycles. The molecule has 4 nitrogen and oxygen atoms in total. The second-order valence-electron chi connectivity index (χ2n) is 5.71. The summed E-state index contributed by atoms with van der Waals surface area (Å²) < 4.78 is 23.7. The van der Waals surface area contributed by atoms with E-state index in [0.29, 0.717) is 12.3 Å². The van der Waals surface area contributed by atoms with Crippen molar-refractivity contribution in [2.45, 2.75) is 32.2 Å². The molecule has 0 spiro atoms. The summed E-state index contributed by atoms with van der Waals surface area (Å²) in [5.41, 5.74) is 5.85. The number of rotatable bonds is 3. The van der Waals surface area contributed by atoms with E-state index >= 15 is 0 Å². The number of sulfone groups is 1. The summed E-state index contributed by atoms with van der Waals surface area (Å²) in [6.07, 6.45) is 1.33. The molecular weight excluding hydrogens is 256 g/mol. The monoisotopic (exact) mass is 280 g/mol. The van der Waals surface area contributed by atoms with Crippen molar-refractivity contribution in [3.05, 3.63) is 0 Å². The highest BCUT2D eigenvalue weighted by Crippen LogP contribution is 2.30. The van der Waals surface area contributed by atoms with Crippen molar-refractivity contribution < 1.29 is 8.42 Å². The van der Waals surface area contributed by atoms with E-state index in [1.807, 2.05) is 0 Å². The lowest BCUT2D eigenvalue weighted by atomic mass is 9.85. The highest BCUT2D eigenvalue weighted by atomic mass is 32.2. The topological polar surface area (TPSA) is 63.4 Å². The third-order valence-electron chi connectivity index (χ3n) is 3.24. The summed E-state index contributed by atoms with van der Waals surface area (Å²) in [5, 5.41) is -0.381. The first-order chi connectivity index (χ1) is 7.68. The van der Waals surface area contributed by atoms with Crippen molar-refractivity contribution in [1.29, 1.82) is 0 Å². The molecule has 1 rings (SSSR count). The maximum Gasteiger partial charge on any atom is 0.164 e. The van der Waals surface area contributed by atoms with E-state index in [9.17, 15) is 8.42 Å². The van der Waals surface area contributed by atoms with E-state index in [4.69, 9.17) is 5.73 Å². The van der Waals surface area contributed by atoms with Crippen LogP contribution in [-0.4, -0.2) is 55.6 Å². The fourth-order valence-electron chi connectivity index (χ4n) is 2.31. The van der Waals surface area contributed by atoms with Crippen LogP contribution < -0.4 is 5.73 Å². The van der Waals surface area contributed by atoms with E-state index in [-0.39, 0.29) is 16.8 Å². The normalized spacial score (nSPS) is 25.8. The zero-order chi connectivity index (χ0) is 13.3. The first kappa shape index (κ1) is 15.3. The Morgan fingerprint density at radius 2 is 2.06 bits per heavy atom. The smallest absolute Gasteiger partial charge is 0.164 e. The molecule has 0 radical (unpaired) electrons. The number of thioether (sulfide) groups is 1. The minimum absolute atomic E-state index is 0.000301. The van der Waals surface area contributed by atoms with Crippen LogP contribution in [0.15, 0.2) is 0 Å². The quantitative estimate of drug-likeness (QED) is 0.828. The molecule has 2 N–H and O–H groups in total. The fraction of sp³-hybridized carbons (Fsp3) is 1.00. The van der Waals surface area contributed by atoms with Gasteiger partial charge in [-0.15, -0.1) is 0 Å². The van der Waals surface area contributed by atoms with E-state index in [2.05, 4.69) is 25.7 Å². The molecule has 1 aliphatic rings. The van der Waals surface area contributed by atoms with Gasteiger partial charge in [0.25, 0.3) is 0 Å². The van der Waals surface area contributed by atoms with Crippen molar-refractivity contribution in [3.63, 3.8) is 0 Å². The van der Waals surface area contributed by atoms with Crippen LogP contribution in [-0.2, 0) is 9.84 Å². The molecule has 1 heterocycles. The van der Waals surface area contributed by atoms with E-state index in [0.717, 1.165) is 12.3 Å². The number of hydrogen-bond acceptors (Lipinski definition) is 5. The molecule has 17 heavy (non-hydrogen) atoms. The summed E-state index contributed by atoms with van der Waals surface area (Å²) in [4.78, 5) is 2.09. The van der Waals surface area contributed by atoms with E-state index in [1.165, 1.54) is 6.26 Å². The van der Waals surface area contributed by atoms with Crippen LogP contribution in [0.3, 0.4) is 0 Å². The van der Waals surface area contributed by atoms with Crippen LogP contribution in [0.5, 0.6) is 0 Å². The SMILES string of the molecule is CC(C)(C)C(CN)N1CCSCC1S(C)(=O)=O. The van der Waals surface area contributed by atoms with Gasteiger partial charge < -0.3 is 5.73 Å². The van der Waals surface area contributed by atoms with Crippen LogP contribution in [0.25, 0.3) is 0 Å². The standard InChI is InChI=1S/C11H24N2O2S2/c1-11(2,3)9(7-12)13-5-6-16-8-10(13)17(4,14)15/h9-10H,5-8,12H2,1-4H3. The van der Waals surface area contributed by atoms with Gasteiger partial charge in [-0.25, -0.2) is 8.42 Å². The van der Waals surface area contributed by atoms with Gasteiger partial charge in [-0.2, -0.15) is 11.8 Å². The largest absolute Gasteiger partial charge is 0.329 e. The lowest BCUT2D eigenvalue weighted by Gasteiger charge is -2.45. The number of nitrogens with zero attached hydrogens (tertiary/aromatic N) is 1. The Morgan fingerprint density at radius 3 is 2.47 bits per heavy atom. The molecule has 0 saturated carbocycles. The summed E-state index contributed by atoms with van der Waals surface area (Å²) >= 11 is 1.71. The van der Waals surface area contributed by atoms with Gasteiger partial charge in [0, 0.05) is 36.9 Å². The average Bonchev–Trinajstić information content (AvgIpc) is 2.15. The second kappa shape index (κ2) is 5.47. The van der Waals surface area contributed by atoms with Gasteiger partial charge in [0.05, 0.1) is 0 Å². The zero-order valence-electron chi connectivity index (χ0n) is 11.1. The van der Waals surface area contributed by atoms with Crippen LogP contribution in [0.4, 0.5) is 0 Å². The number of nitrogens with two attached hydrogens (primary N) is 1. The summed E-state index contributed by atoms with van der Waals surface area (Å²) in [6.45, 7) is 7.66. The maximum absolute atomic E-state index is 11.8. The van der Waals surface area contributed by atoms with Crippen molar-refractivity contribution >= 4 is 21.6 Å². The molecular formula is C11H24N2O2S2. The Labute approximate surface area is 109 Å². The lowest BCUT2D eigenvalue weighted by molar-refractivity contribution is 0.101. The second-order valence-corrected chi connectivity index (χ2v) is 9.07. The molecule has 0 aromatic rings. The van der Waals surface area contributed by atoms with Crippen molar-refractivity contribution in [3.8, 4) is 0 Å². The third kappa shape index (κ3) is 3.84. The molecule has 0 aromatic carbocycles. The fourth-order valence-corrected chi connectivity index (χ4v) is 5.23. The first-order valence-electron chi connectivity index (χ1n) is 5.90. The van der Waals surface area contributed by atoms with Gasteiger partial charge in [-0.05, 0) is 5.41 Å². The molecule has 1 fully saturated rings. The Kier molecular flexibility index (Phi) is 4.91. The molecule has 6 heteroatoms. The van der Waals surface area contributed by atoms with Gasteiger partial charge in [0.2, 0.25) is 0 Å². The van der Waals surface area contributed by atoms with Crippen molar-refractivity contribution in [2.24, 2.45) is 11.1 Å². The maximum atomic E-state index is 11.8. The minimum Gasteiger partial charge on any atom is -0.329 e. The van der Waals surface area contributed by atoms with Crippen molar-refractivity contribution in [1.82, 2.24) is 4.90 Å². The van der Waals surface area contributed by atoms with Gasteiger partial charge in [-0.3, -0.25) is 4.90 Å². The van der Waals surface area contributed by atoms with Gasteiger partial charge >= 0.3 is 0 Å². The highest BCUT2D eigenvalue weighted by Gasteiger charge is 2.39. The molecule has 0 aliphatic carbocycles. The van der Waals surface area contributed by atoms with Gasteiger partial charge in [0.1, 0.15) is 5.37 Å². The molecule has 1 saturated heterocycles. The van der Waals surface area contributed by atoms with E-state index in [1.54, 1.807) is 11.8 Å². The number of hydrogen-bond donors (Lipinski definition) is 1. The molecule has 102 valence electrons. The third-order valence-corrected chi connectivity index (χ3v) is 5.90. The lowest BCUT2D eigenvalue weighted by Crippen LogP contribution is -2.58. The predicted octanol–water partition coefficient (Wildman–Crippen LogP) is 0.779. The molecule has 2 unspecified atom stereocenters. The van der Waals surface area contributed by atoms with Gasteiger partial charge in [-0.1, -0.05) is 20.8 Å². The summed E-state index contributed by atoms with van der Waals surface area (Å²) in [7, 11) is -3.04. The van der Waals surface area contributed by atoms with Crippen LogP contribution in [0.2, 0.25) is 0 Å². The Bertz CT molecular complexity index is 349. The minimum atomic E-state index is -3.04. The molecule has 1 aliphatic heterocycles. The average molecular weight is 280 g/mol. The Hall–Kier alpha value is 0.220. The zero-order valence-corrected chi connectivity index (χ0v) is 12.8. The summed E-state index contributed by atoms with van der Waals surface area (Å²) in [5.74, 6) is 1.64. The molecule has 0 amide bonds. The van der Waals surface area contributed by atoms with Gasteiger partial charge in [0.15, 0.2) is 9.84 Å². The Morgan fingerprint density at radius 1 is 1.47 bits per heavy atom. The summed E-state index contributed by atoms with van der Waals surface area (Å²) in [6, 6.07) is 0.114.